The molecule has 0 aromatic heterocycles. The summed E-state index contributed by atoms with van der Waals surface area (Å²) in [5, 5.41) is 23.1. The highest BCUT2D eigenvalue weighted by Gasteiger charge is 2.21. The molecule has 11 heavy (non-hydrogen) atoms. The molecular weight excluding hydrogens is 142 g/mol. The average Bonchev–Trinajstić information content (AvgIpc) is 2.07. The Labute approximate surface area is 67.4 Å². The second kappa shape index (κ2) is 4.70. The Morgan fingerprint density at radius 2 is 2.09 bits per heavy atom. The van der Waals surface area contributed by atoms with Gasteiger partial charge in [-0.15, -0.1) is 0 Å². The van der Waals surface area contributed by atoms with Gasteiger partial charge in [0.15, 0.2) is 0 Å². The molecule has 0 aromatic carbocycles. The Morgan fingerprint density at radius 3 is 2.64 bits per heavy atom. The lowest BCUT2D eigenvalue weighted by atomic mass is 9.91. The van der Waals surface area contributed by atoms with Crippen molar-refractivity contribution < 1.29 is 10.2 Å². The van der Waals surface area contributed by atoms with E-state index in [0.717, 1.165) is 25.9 Å². The van der Waals surface area contributed by atoms with Crippen molar-refractivity contribution in [1.29, 1.82) is 0 Å². The number of hydrogen-bond donors (Lipinski definition) is 2. The zero-order valence-corrected chi connectivity index (χ0v) is 6.75. The number of rotatable bonds is 3. The SMILES string of the molecule is [O]C(CCO)C1CCNCC1. The molecule has 1 saturated heterocycles. The minimum absolute atomic E-state index is 0.0398. The van der Waals surface area contributed by atoms with Gasteiger partial charge in [-0.05, 0) is 31.8 Å². The van der Waals surface area contributed by atoms with Gasteiger partial charge in [0.25, 0.3) is 0 Å². The van der Waals surface area contributed by atoms with Crippen molar-refractivity contribution in [2.45, 2.75) is 25.4 Å². The van der Waals surface area contributed by atoms with Gasteiger partial charge in [-0.2, -0.15) is 0 Å². The first-order valence-electron chi connectivity index (χ1n) is 4.32. The lowest BCUT2D eigenvalue weighted by molar-refractivity contribution is 0.00664. The summed E-state index contributed by atoms with van der Waals surface area (Å²) in [4.78, 5) is 0. The largest absolute Gasteiger partial charge is 0.396 e. The van der Waals surface area contributed by atoms with Crippen molar-refractivity contribution in [3.05, 3.63) is 0 Å². The maximum Gasteiger partial charge on any atom is 0.0980 e. The van der Waals surface area contributed by atoms with Crippen molar-refractivity contribution in [2.75, 3.05) is 19.7 Å². The summed E-state index contributed by atoms with van der Waals surface area (Å²) in [6, 6.07) is 0. The number of nitrogens with one attached hydrogen (secondary N) is 1. The quantitative estimate of drug-likeness (QED) is 0.615. The minimum Gasteiger partial charge on any atom is -0.396 e. The fraction of sp³-hybridized carbons (Fsp3) is 1.00. The number of hydrogen-bond acceptors (Lipinski definition) is 2. The zero-order valence-electron chi connectivity index (χ0n) is 6.75. The lowest BCUT2D eigenvalue weighted by Gasteiger charge is -2.25. The maximum absolute atomic E-state index is 11.3. The second-order valence-corrected chi connectivity index (χ2v) is 3.14. The van der Waals surface area contributed by atoms with E-state index < -0.39 is 6.10 Å². The molecule has 0 saturated carbocycles. The summed E-state index contributed by atoms with van der Waals surface area (Å²) in [5.74, 6) is 0.295. The Balaban J connectivity index is 2.21. The van der Waals surface area contributed by atoms with Crippen LogP contribution in [0, 0.1) is 5.92 Å². The van der Waals surface area contributed by atoms with Gasteiger partial charge >= 0.3 is 0 Å². The highest BCUT2D eigenvalue weighted by molar-refractivity contribution is 4.74. The number of aliphatic hydroxyl groups is 1. The molecule has 3 heteroatoms. The topological polar surface area (TPSA) is 52.2 Å². The second-order valence-electron chi connectivity index (χ2n) is 3.14. The molecule has 1 heterocycles. The van der Waals surface area contributed by atoms with Gasteiger partial charge in [0.2, 0.25) is 0 Å². The Kier molecular flexibility index (Phi) is 3.83. The molecule has 3 nitrogen and oxygen atoms in total. The molecule has 0 spiro atoms. The molecule has 1 fully saturated rings. The van der Waals surface area contributed by atoms with Gasteiger partial charge < -0.3 is 10.4 Å². The molecule has 1 aliphatic rings. The molecule has 1 unspecified atom stereocenters. The highest BCUT2D eigenvalue weighted by atomic mass is 16.3. The van der Waals surface area contributed by atoms with Gasteiger partial charge in [0.05, 0.1) is 6.10 Å². The van der Waals surface area contributed by atoms with Gasteiger partial charge in [-0.3, -0.25) is 0 Å². The van der Waals surface area contributed by atoms with E-state index >= 15 is 0 Å². The lowest BCUT2D eigenvalue weighted by Crippen LogP contribution is -2.33. The zero-order chi connectivity index (χ0) is 8.10. The smallest absolute Gasteiger partial charge is 0.0980 e. The average molecular weight is 158 g/mol. The predicted octanol–water partition coefficient (Wildman–Crippen LogP) is 0.168. The molecule has 1 radical (unpaired) electrons. The third-order valence-corrected chi connectivity index (χ3v) is 2.32. The van der Waals surface area contributed by atoms with Crippen LogP contribution in [0.15, 0.2) is 0 Å². The summed E-state index contributed by atoms with van der Waals surface area (Å²) >= 11 is 0. The van der Waals surface area contributed by atoms with E-state index in [1.54, 1.807) is 0 Å². The molecular formula is C8H16NO2. The molecule has 0 aromatic rings. The Bertz CT molecular complexity index is 102. The van der Waals surface area contributed by atoms with E-state index in [2.05, 4.69) is 5.32 Å². The van der Waals surface area contributed by atoms with Crippen LogP contribution in [0.2, 0.25) is 0 Å². The summed E-state index contributed by atoms with van der Waals surface area (Å²) in [6.07, 6.45) is 1.84. The third kappa shape index (κ3) is 2.77. The van der Waals surface area contributed by atoms with Crippen LogP contribution in [0.3, 0.4) is 0 Å². The standard InChI is InChI=1S/C8H16NO2/c10-6-3-8(11)7-1-4-9-5-2-7/h7-10H,1-6H2. The van der Waals surface area contributed by atoms with Gasteiger partial charge in [-0.25, -0.2) is 5.11 Å². The number of aliphatic hydroxyl groups excluding tert-OH is 1. The normalized spacial score (nSPS) is 23.5. The van der Waals surface area contributed by atoms with Gasteiger partial charge in [0.1, 0.15) is 0 Å². The molecule has 1 aliphatic heterocycles. The van der Waals surface area contributed by atoms with Crippen LogP contribution in [0.25, 0.3) is 0 Å². The van der Waals surface area contributed by atoms with Crippen molar-refractivity contribution in [3.8, 4) is 0 Å². The molecule has 0 bridgehead atoms. The van der Waals surface area contributed by atoms with Gasteiger partial charge in [0, 0.05) is 13.0 Å². The van der Waals surface area contributed by atoms with Crippen LogP contribution in [0.1, 0.15) is 19.3 Å². The van der Waals surface area contributed by atoms with E-state index in [1.165, 1.54) is 0 Å². The van der Waals surface area contributed by atoms with E-state index in [9.17, 15) is 5.11 Å². The van der Waals surface area contributed by atoms with Crippen molar-refractivity contribution in [3.63, 3.8) is 0 Å². The van der Waals surface area contributed by atoms with E-state index in [4.69, 9.17) is 5.11 Å². The van der Waals surface area contributed by atoms with E-state index in [0.29, 0.717) is 12.3 Å². The molecule has 0 aliphatic carbocycles. The van der Waals surface area contributed by atoms with Crippen molar-refractivity contribution in [2.24, 2.45) is 5.92 Å². The molecule has 2 N–H and O–H groups in total. The first kappa shape index (κ1) is 8.97. The van der Waals surface area contributed by atoms with Gasteiger partial charge in [-0.1, -0.05) is 0 Å². The van der Waals surface area contributed by atoms with Crippen LogP contribution < -0.4 is 5.32 Å². The number of piperidine rings is 1. The molecule has 1 rings (SSSR count). The summed E-state index contributed by atoms with van der Waals surface area (Å²) < 4.78 is 0. The molecule has 65 valence electrons. The van der Waals surface area contributed by atoms with E-state index in [1.807, 2.05) is 0 Å². The summed E-state index contributed by atoms with van der Waals surface area (Å²) in [6.45, 7) is 1.97. The van der Waals surface area contributed by atoms with Crippen molar-refractivity contribution >= 4 is 0 Å². The van der Waals surface area contributed by atoms with Crippen LogP contribution in [-0.2, 0) is 5.11 Å². The summed E-state index contributed by atoms with van der Waals surface area (Å²) in [5.41, 5.74) is 0. The van der Waals surface area contributed by atoms with Crippen LogP contribution in [0.4, 0.5) is 0 Å². The monoisotopic (exact) mass is 158 g/mol. The molecule has 0 amide bonds. The molecule has 1 atom stereocenters. The maximum atomic E-state index is 11.3. The van der Waals surface area contributed by atoms with E-state index in [-0.39, 0.29) is 6.61 Å². The predicted molar refractivity (Wildman–Crippen MR) is 41.8 cm³/mol. The summed E-state index contributed by atoms with van der Waals surface area (Å²) in [7, 11) is 0. The Morgan fingerprint density at radius 1 is 1.45 bits per heavy atom. The van der Waals surface area contributed by atoms with Crippen LogP contribution >= 0.6 is 0 Å². The van der Waals surface area contributed by atoms with Crippen molar-refractivity contribution in [1.82, 2.24) is 5.32 Å². The third-order valence-electron chi connectivity index (χ3n) is 2.32. The fourth-order valence-electron chi connectivity index (χ4n) is 1.58. The fourth-order valence-corrected chi connectivity index (χ4v) is 1.58. The first-order valence-corrected chi connectivity index (χ1v) is 4.32. The minimum atomic E-state index is -0.540. The van der Waals surface area contributed by atoms with Crippen LogP contribution in [0.5, 0.6) is 0 Å². The highest BCUT2D eigenvalue weighted by Crippen LogP contribution is 2.18. The first-order chi connectivity index (χ1) is 5.34. The van der Waals surface area contributed by atoms with Crippen LogP contribution in [-0.4, -0.2) is 30.9 Å². The Hall–Kier alpha value is -0.120.